The molecule has 0 aliphatic rings. The minimum absolute atomic E-state index is 0.318. The van der Waals surface area contributed by atoms with E-state index < -0.39 is 10.0 Å². The minimum Gasteiger partial charge on any atom is -0.223 e. The first-order valence-corrected chi connectivity index (χ1v) is 9.40. The van der Waals surface area contributed by atoms with E-state index in [9.17, 15) is 8.42 Å². The quantitative estimate of drug-likeness (QED) is 0.762. The highest BCUT2D eigenvalue weighted by molar-refractivity contribution is 7.89. The van der Waals surface area contributed by atoms with Crippen LogP contribution >= 0.6 is 0 Å². The summed E-state index contributed by atoms with van der Waals surface area (Å²) in [6, 6.07) is 12.6. The van der Waals surface area contributed by atoms with E-state index in [1.165, 1.54) is 6.33 Å². The molecule has 1 N–H and O–H groups in total. The van der Waals surface area contributed by atoms with Gasteiger partial charge in [-0.1, -0.05) is 24.3 Å². The lowest BCUT2D eigenvalue weighted by Gasteiger charge is -2.16. The van der Waals surface area contributed by atoms with Gasteiger partial charge in [0.25, 0.3) is 0 Å². The van der Waals surface area contributed by atoms with Crippen molar-refractivity contribution in [3.8, 4) is 5.69 Å². The van der Waals surface area contributed by atoms with E-state index in [1.54, 1.807) is 24.0 Å². The van der Waals surface area contributed by atoms with Crippen LogP contribution < -0.4 is 4.72 Å². The zero-order valence-electron chi connectivity index (χ0n) is 14.3. The van der Waals surface area contributed by atoms with Crippen LogP contribution in [0.4, 0.5) is 0 Å². The molecule has 0 fully saturated rings. The van der Waals surface area contributed by atoms with E-state index in [2.05, 4.69) is 14.8 Å². The Balaban J connectivity index is 1.81. The van der Waals surface area contributed by atoms with Crippen molar-refractivity contribution in [3.63, 3.8) is 0 Å². The number of hydrogen-bond acceptors (Lipinski definition) is 4. The Morgan fingerprint density at radius 3 is 2.44 bits per heavy atom. The lowest BCUT2D eigenvalue weighted by Crippen LogP contribution is -2.27. The van der Waals surface area contributed by atoms with Crippen LogP contribution in [0.2, 0.25) is 0 Å². The normalized spacial score (nSPS) is 12.9. The Hall–Kier alpha value is -2.51. The molecule has 2 aromatic carbocycles. The summed E-state index contributed by atoms with van der Waals surface area (Å²) in [5.74, 6) is 0. The van der Waals surface area contributed by atoms with E-state index in [0.29, 0.717) is 4.90 Å². The number of aromatic nitrogens is 3. The van der Waals surface area contributed by atoms with Crippen LogP contribution in [0.5, 0.6) is 0 Å². The predicted molar refractivity (Wildman–Crippen MR) is 96.0 cm³/mol. The van der Waals surface area contributed by atoms with Gasteiger partial charge in [-0.2, -0.15) is 5.10 Å². The maximum absolute atomic E-state index is 12.7. The summed E-state index contributed by atoms with van der Waals surface area (Å²) in [5, 5.41) is 4.07. The lowest BCUT2D eigenvalue weighted by atomic mass is 10.1. The van der Waals surface area contributed by atoms with Gasteiger partial charge in [0.2, 0.25) is 10.0 Å². The summed E-state index contributed by atoms with van der Waals surface area (Å²) in [6.07, 6.45) is 3.08. The van der Waals surface area contributed by atoms with E-state index in [4.69, 9.17) is 0 Å². The average molecular weight is 356 g/mol. The van der Waals surface area contributed by atoms with Gasteiger partial charge < -0.3 is 0 Å². The number of aryl methyl sites for hydroxylation is 2. The Kier molecular flexibility index (Phi) is 4.69. The van der Waals surface area contributed by atoms with Crippen molar-refractivity contribution in [3.05, 3.63) is 71.8 Å². The summed E-state index contributed by atoms with van der Waals surface area (Å²) in [5.41, 5.74) is 3.38. The topological polar surface area (TPSA) is 76.9 Å². The first-order valence-electron chi connectivity index (χ1n) is 7.91. The maximum Gasteiger partial charge on any atom is 0.241 e. The standard InChI is InChI=1S/C18H20N4O2S/c1-13-4-5-14(2)18(10-13)25(23,24)21-15(3)16-6-8-17(9-7-16)22-12-19-11-20-22/h4-12,15,21H,1-3H3/t15-/m1/s1. The van der Waals surface area contributed by atoms with Gasteiger partial charge >= 0.3 is 0 Å². The third kappa shape index (κ3) is 3.78. The highest BCUT2D eigenvalue weighted by Gasteiger charge is 2.20. The van der Waals surface area contributed by atoms with Crippen LogP contribution in [0.15, 0.2) is 60.0 Å². The smallest absolute Gasteiger partial charge is 0.223 e. The van der Waals surface area contributed by atoms with Crippen LogP contribution in [0.1, 0.15) is 29.7 Å². The van der Waals surface area contributed by atoms with Gasteiger partial charge in [0.05, 0.1) is 10.6 Å². The van der Waals surface area contributed by atoms with Gasteiger partial charge in [-0.3, -0.25) is 0 Å². The Labute approximate surface area is 147 Å². The van der Waals surface area contributed by atoms with Crippen molar-refractivity contribution in [1.82, 2.24) is 19.5 Å². The van der Waals surface area contributed by atoms with Gasteiger partial charge in [-0.25, -0.2) is 22.8 Å². The zero-order valence-corrected chi connectivity index (χ0v) is 15.2. The molecule has 6 nitrogen and oxygen atoms in total. The maximum atomic E-state index is 12.7. The molecule has 3 rings (SSSR count). The van der Waals surface area contributed by atoms with Crippen molar-refractivity contribution in [2.24, 2.45) is 0 Å². The van der Waals surface area contributed by atoms with Crippen molar-refractivity contribution in [2.45, 2.75) is 31.7 Å². The first-order chi connectivity index (χ1) is 11.9. The highest BCUT2D eigenvalue weighted by Crippen LogP contribution is 2.21. The monoisotopic (exact) mass is 356 g/mol. The minimum atomic E-state index is -3.59. The molecule has 0 amide bonds. The molecule has 0 bridgehead atoms. The fraction of sp³-hybridized carbons (Fsp3) is 0.222. The molecule has 1 atom stereocenters. The van der Waals surface area contributed by atoms with E-state index in [0.717, 1.165) is 22.4 Å². The van der Waals surface area contributed by atoms with Gasteiger partial charge in [-0.15, -0.1) is 0 Å². The number of sulfonamides is 1. The summed E-state index contributed by atoms with van der Waals surface area (Å²) in [6.45, 7) is 5.50. The van der Waals surface area contributed by atoms with E-state index >= 15 is 0 Å². The van der Waals surface area contributed by atoms with Crippen molar-refractivity contribution < 1.29 is 8.42 Å². The second-order valence-electron chi connectivity index (χ2n) is 6.04. The molecule has 0 saturated heterocycles. The molecule has 130 valence electrons. The second-order valence-corrected chi connectivity index (χ2v) is 7.73. The molecule has 0 unspecified atom stereocenters. The van der Waals surface area contributed by atoms with Crippen LogP contribution in [0, 0.1) is 13.8 Å². The molecule has 25 heavy (non-hydrogen) atoms. The molecule has 1 heterocycles. The second kappa shape index (κ2) is 6.78. The molecule has 1 aromatic heterocycles. The number of hydrogen-bond donors (Lipinski definition) is 1. The van der Waals surface area contributed by atoms with Crippen molar-refractivity contribution in [1.29, 1.82) is 0 Å². The molecule has 0 radical (unpaired) electrons. The number of nitrogens with zero attached hydrogens (tertiary/aromatic N) is 3. The fourth-order valence-corrected chi connectivity index (χ4v) is 4.18. The third-order valence-electron chi connectivity index (χ3n) is 4.04. The molecular formula is C18H20N4O2S. The summed E-state index contributed by atoms with van der Waals surface area (Å²) in [4.78, 5) is 4.23. The number of benzene rings is 2. The fourth-order valence-electron chi connectivity index (χ4n) is 2.62. The van der Waals surface area contributed by atoms with Gasteiger partial charge in [-0.05, 0) is 55.7 Å². The Morgan fingerprint density at radius 2 is 1.80 bits per heavy atom. The summed E-state index contributed by atoms with van der Waals surface area (Å²) < 4.78 is 29.8. The number of nitrogens with one attached hydrogen (secondary N) is 1. The van der Waals surface area contributed by atoms with E-state index in [-0.39, 0.29) is 6.04 Å². The molecule has 0 spiro atoms. The van der Waals surface area contributed by atoms with E-state index in [1.807, 2.05) is 50.2 Å². The summed E-state index contributed by atoms with van der Waals surface area (Å²) >= 11 is 0. The van der Waals surface area contributed by atoms with Crippen molar-refractivity contribution in [2.75, 3.05) is 0 Å². The summed E-state index contributed by atoms with van der Waals surface area (Å²) in [7, 11) is -3.59. The van der Waals surface area contributed by atoms with Crippen LogP contribution in [0.3, 0.4) is 0 Å². The van der Waals surface area contributed by atoms with Gasteiger partial charge in [0.1, 0.15) is 12.7 Å². The van der Waals surface area contributed by atoms with Crippen LogP contribution in [0.25, 0.3) is 5.69 Å². The van der Waals surface area contributed by atoms with Crippen LogP contribution in [-0.4, -0.2) is 23.2 Å². The van der Waals surface area contributed by atoms with Gasteiger partial charge in [0.15, 0.2) is 0 Å². The SMILES string of the molecule is Cc1ccc(C)c(S(=O)(=O)N[C@H](C)c2ccc(-n3cncn3)cc2)c1. The third-order valence-corrected chi connectivity index (χ3v) is 5.72. The largest absolute Gasteiger partial charge is 0.241 e. The molecule has 3 aromatic rings. The lowest BCUT2D eigenvalue weighted by molar-refractivity contribution is 0.566. The van der Waals surface area contributed by atoms with Crippen LogP contribution in [-0.2, 0) is 10.0 Å². The zero-order chi connectivity index (χ0) is 18.0. The molecule has 0 saturated carbocycles. The Bertz CT molecular complexity index is 965. The predicted octanol–water partition coefficient (Wildman–Crippen LogP) is 2.92. The number of rotatable bonds is 5. The van der Waals surface area contributed by atoms with Gasteiger partial charge in [0, 0.05) is 6.04 Å². The molecule has 0 aliphatic carbocycles. The highest BCUT2D eigenvalue weighted by atomic mass is 32.2. The van der Waals surface area contributed by atoms with Crippen molar-refractivity contribution >= 4 is 10.0 Å². The molecule has 0 aliphatic heterocycles. The molecule has 7 heteroatoms. The molecular weight excluding hydrogens is 336 g/mol. The average Bonchev–Trinajstić information content (AvgIpc) is 3.11. The first kappa shape index (κ1) is 17.3. The Morgan fingerprint density at radius 1 is 1.08 bits per heavy atom.